The summed E-state index contributed by atoms with van der Waals surface area (Å²) < 4.78 is 27.6. The smallest absolute Gasteiger partial charge is 0.212 e. The Labute approximate surface area is 102 Å². The first-order valence-corrected chi connectivity index (χ1v) is 7.26. The van der Waals surface area contributed by atoms with Crippen LogP contribution >= 0.6 is 11.6 Å². The summed E-state index contributed by atoms with van der Waals surface area (Å²) in [4.78, 5) is 0. The third kappa shape index (κ3) is 4.55. The largest absolute Gasteiger partial charge is 0.357 e. The summed E-state index contributed by atoms with van der Waals surface area (Å²) in [6, 6.07) is 1.88. The van der Waals surface area contributed by atoms with E-state index >= 15 is 0 Å². The Bertz CT molecular complexity index is 428. The molecule has 0 saturated carbocycles. The second-order valence-electron chi connectivity index (χ2n) is 4.05. The van der Waals surface area contributed by atoms with Gasteiger partial charge in [0, 0.05) is 31.9 Å². The van der Waals surface area contributed by atoms with Gasteiger partial charge in [-0.2, -0.15) is 0 Å². The quantitative estimate of drug-likeness (QED) is 0.788. The van der Waals surface area contributed by atoms with Crippen molar-refractivity contribution in [3.63, 3.8) is 0 Å². The van der Waals surface area contributed by atoms with E-state index in [1.807, 2.05) is 37.0 Å². The van der Waals surface area contributed by atoms with Crippen molar-refractivity contribution in [3.05, 3.63) is 24.0 Å². The Kier molecular flexibility index (Phi) is 4.83. The Morgan fingerprint density at radius 2 is 2.25 bits per heavy atom. The van der Waals surface area contributed by atoms with Crippen LogP contribution < -0.4 is 4.72 Å². The second kappa shape index (κ2) is 5.70. The number of halogens is 1. The summed E-state index contributed by atoms with van der Waals surface area (Å²) in [7, 11) is -1.33. The van der Waals surface area contributed by atoms with Crippen LogP contribution in [0.2, 0.25) is 0 Å². The van der Waals surface area contributed by atoms with E-state index in [9.17, 15) is 8.42 Å². The Morgan fingerprint density at radius 1 is 1.56 bits per heavy atom. The number of alkyl halides is 1. The van der Waals surface area contributed by atoms with Crippen LogP contribution in [0.5, 0.6) is 0 Å². The molecule has 0 bridgehead atoms. The van der Waals surface area contributed by atoms with Gasteiger partial charge in [-0.15, -0.1) is 11.6 Å². The highest BCUT2D eigenvalue weighted by molar-refractivity contribution is 7.89. The fourth-order valence-electron chi connectivity index (χ4n) is 1.34. The van der Waals surface area contributed by atoms with Crippen LogP contribution in [0, 0.1) is 5.92 Å². The van der Waals surface area contributed by atoms with E-state index in [0.717, 1.165) is 5.56 Å². The maximum Gasteiger partial charge on any atom is 0.212 e. The predicted molar refractivity (Wildman–Crippen MR) is 65.9 cm³/mol. The molecule has 0 aliphatic rings. The molecular formula is C10H17ClN2O2S. The topological polar surface area (TPSA) is 51.1 Å². The molecule has 0 aliphatic heterocycles. The molecule has 0 saturated heterocycles. The molecule has 1 N–H and O–H groups in total. The van der Waals surface area contributed by atoms with E-state index in [4.69, 9.17) is 11.6 Å². The molecular weight excluding hydrogens is 248 g/mol. The van der Waals surface area contributed by atoms with Gasteiger partial charge in [-0.05, 0) is 17.5 Å². The minimum Gasteiger partial charge on any atom is -0.357 e. The SMILES string of the molecule is CC(CCl)CS(=O)(=O)NCc1ccn(C)c1. The minimum atomic E-state index is -3.23. The molecule has 1 rings (SSSR count). The van der Waals surface area contributed by atoms with Gasteiger partial charge in [0.15, 0.2) is 0 Å². The zero-order valence-electron chi connectivity index (χ0n) is 9.48. The van der Waals surface area contributed by atoms with Crippen molar-refractivity contribution < 1.29 is 8.42 Å². The third-order valence-corrected chi connectivity index (χ3v) is 4.28. The number of hydrogen-bond donors (Lipinski definition) is 1. The van der Waals surface area contributed by atoms with Gasteiger partial charge in [-0.3, -0.25) is 0 Å². The first-order valence-electron chi connectivity index (χ1n) is 5.07. The van der Waals surface area contributed by atoms with E-state index in [-0.39, 0.29) is 11.7 Å². The lowest BCUT2D eigenvalue weighted by molar-refractivity contribution is 0.568. The lowest BCUT2D eigenvalue weighted by atomic mass is 10.3. The highest BCUT2D eigenvalue weighted by atomic mass is 35.5. The highest BCUT2D eigenvalue weighted by Gasteiger charge is 2.14. The van der Waals surface area contributed by atoms with Crippen LogP contribution in [0.3, 0.4) is 0 Å². The highest BCUT2D eigenvalue weighted by Crippen LogP contribution is 2.04. The molecule has 0 amide bonds. The van der Waals surface area contributed by atoms with Gasteiger partial charge in [0.25, 0.3) is 0 Å². The molecule has 1 atom stereocenters. The summed E-state index contributed by atoms with van der Waals surface area (Å²) in [5, 5.41) is 0. The molecule has 16 heavy (non-hydrogen) atoms. The summed E-state index contributed by atoms with van der Waals surface area (Å²) in [5.41, 5.74) is 0.949. The van der Waals surface area contributed by atoms with Gasteiger partial charge in [-0.25, -0.2) is 13.1 Å². The first-order chi connectivity index (χ1) is 7.43. The Morgan fingerprint density at radius 3 is 2.75 bits per heavy atom. The average Bonchev–Trinajstić information content (AvgIpc) is 2.61. The zero-order valence-corrected chi connectivity index (χ0v) is 11.1. The monoisotopic (exact) mass is 264 g/mol. The van der Waals surface area contributed by atoms with Crippen molar-refractivity contribution >= 4 is 21.6 Å². The van der Waals surface area contributed by atoms with Crippen LogP contribution in [0.25, 0.3) is 0 Å². The number of nitrogens with one attached hydrogen (secondary N) is 1. The van der Waals surface area contributed by atoms with Gasteiger partial charge >= 0.3 is 0 Å². The van der Waals surface area contributed by atoms with Crippen molar-refractivity contribution in [2.24, 2.45) is 13.0 Å². The second-order valence-corrected chi connectivity index (χ2v) is 6.21. The predicted octanol–water partition coefficient (Wildman–Crippen LogP) is 1.32. The van der Waals surface area contributed by atoms with E-state index < -0.39 is 10.0 Å². The van der Waals surface area contributed by atoms with Crippen molar-refractivity contribution in [1.82, 2.24) is 9.29 Å². The maximum absolute atomic E-state index is 11.6. The maximum atomic E-state index is 11.6. The molecule has 0 radical (unpaired) electrons. The normalized spacial score (nSPS) is 13.9. The molecule has 1 heterocycles. The van der Waals surface area contributed by atoms with Gasteiger partial charge in [0.2, 0.25) is 10.0 Å². The molecule has 6 heteroatoms. The van der Waals surface area contributed by atoms with Crippen molar-refractivity contribution in [1.29, 1.82) is 0 Å². The number of hydrogen-bond acceptors (Lipinski definition) is 2. The van der Waals surface area contributed by atoms with Crippen molar-refractivity contribution in [2.75, 3.05) is 11.6 Å². The Hall–Kier alpha value is -0.520. The van der Waals surface area contributed by atoms with Crippen LogP contribution in [-0.4, -0.2) is 24.6 Å². The molecule has 1 unspecified atom stereocenters. The number of rotatable bonds is 6. The van der Waals surface area contributed by atoms with E-state index in [1.54, 1.807) is 0 Å². The van der Waals surface area contributed by atoms with Crippen LogP contribution in [0.1, 0.15) is 12.5 Å². The van der Waals surface area contributed by atoms with Crippen LogP contribution in [0.4, 0.5) is 0 Å². The standard InChI is InChI=1S/C10H17ClN2O2S/c1-9(5-11)8-16(14,15)12-6-10-3-4-13(2)7-10/h3-4,7,9,12H,5-6,8H2,1-2H3. The molecule has 1 aromatic rings. The zero-order chi connectivity index (χ0) is 12.2. The molecule has 0 fully saturated rings. The number of aryl methyl sites for hydroxylation is 1. The summed E-state index contributed by atoms with van der Waals surface area (Å²) in [5.74, 6) is 0.394. The lowest BCUT2D eigenvalue weighted by Gasteiger charge is -2.09. The van der Waals surface area contributed by atoms with E-state index in [2.05, 4.69) is 4.72 Å². The van der Waals surface area contributed by atoms with E-state index in [0.29, 0.717) is 12.4 Å². The third-order valence-electron chi connectivity index (χ3n) is 2.16. The molecule has 92 valence electrons. The fourth-order valence-corrected chi connectivity index (χ4v) is 2.95. The Balaban J connectivity index is 2.48. The summed E-state index contributed by atoms with van der Waals surface area (Å²) >= 11 is 5.58. The van der Waals surface area contributed by atoms with Gasteiger partial charge in [0.05, 0.1) is 5.75 Å². The molecule has 0 aliphatic carbocycles. The van der Waals surface area contributed by atoms with Crippen molar-refractivity contribution in [2.45, 2.75) is 13.5 Å². The first kappa shape index (κ1) is 13.5. The van der Waals surface area contributed by atoms with Crippen molar-refractivity contribution in [3.8, 4) is 0 Å². The van der Waals surface area contributed by atoms with Gasteiger partial charge in [-0.1, -0.05) is 6.92 Å². The van der Waals surface area contributed by atoms with E-state index in [1.165, 1.54) is 0 Å². The average molecular weight is 265 g/mol. The van der Waals surface area contributed by atoms with Gasteiger partial charge < -0.3 is 4.57 Å². The minimum absolute atomic E-state index is 0.0325. The summed E-state index contributed by atoms with van der Waals surface area (Å²) in [6.45, 7) is 2.15. The molecule has 4 nitrogen and oxygen atoms in total. The number of nitrogens with zero attached hydrogens (tertiary/aromatic N) is 1. The summed E-state index contributed by atoms with van der Waals surface area (Å²) in [6.07, 6.45) is 3.76. The van der Waals surface area contributed by atoms with Crippen LogP contribution in [-0.2, 0) is 23.6 Å². The lowest BCUT2D eigenvalue weighted by Crippen LogP contribution is -2.29. The number of sulfonamides is 1. The fraction of sp³-hybridized carbons (Fsp3) is 0.600. The number of aromatic nitrogens is 1. The van der Waals surface area contributed by atoms with Gasteiger partial charge in [0.1, 0.15) is 0 Å². The molecule has 0 spiro atoms. The van der Waals surface area contributed by atoms with Crippen LogP contribution in [0.15, 0.2) is 18.5 Å². The molecule has 0 aromatic carbocycles. The molecule has 1 aromatic heterocycles.